The number of aromatic hydroxyl groups is 1. The van der Waals surface area contributed by atoms with Crippen molar-refractivity contribution in [2.75, 3.05) is 13.2 Å². The molecule has 0 aliphatic heterocycles. The third-order valence-corrected chi connectivity index (χ3v) is 17.1. The predicted octanol–water partition coefficient (Wildman–Crippen LogP) is 1.16. The second-order valence-electron chi connectivity index (χ2n) is 24.5. The number of hydrogen-bond donors (Lipinski definition) is 14. The molecule has 0 radical (unpaired) electrons. The minimum Gasteiger partial charge on any atom is -0.508 e. The number of phenolic OH excluding ortho intramolecular Hbond substituents is 1. The Morgan fingerprint density at radius 3 is 2.01 bits per heavy atom. The average Bonchev–Trinajstić information content (AvgIpc) is 1.72. The largest absolute Gasteiger partial charge is 0.508 e. The summed E-state index contributed by atoms with van der Waals surface area (Å²) >= 11 is 1.36. The number of para-hydroxylation sites is 1. The number of nitrogens with zero attached hydrogens (tertiary/aromatic N) is 5. The number of hydrogen-bond acceptors (Lipinski definition) is 18. The molecule has 540 valence electrons. The number of aryl methyl sites for hydroxylation is 1. The normalized spacial score (nSPS) is 13.6. The molecule has 0 fully saturated rings. The van der Waals surface area contributed by atoms with Crippen molar-refractivity contribution in [2.45, 2.75) is 166 Å². The third-order valence-electron chi connectivity index (χ3n) is 16.2. The minimum absolute atomic E-state index is 0.0318. The number of pyridine rings is 1. The van der Waals surface area contributed by atoms with Gasteiger partial charge in [0.15, 0.2) is 5.75 Å². The first-order valence-corrected chi connectivity index (χ1v) is 34.0. The lowest BCUT2D eigenvalue weighted by molar-refractivity contribution is -0.135. The number of carbonyl (C=O) groups excluding carboxylic acids is 11. The van der Waals surface area contributed by atoms with Crippen LogP contribution in [0.25, 0.3) is 10.9 Å². The molecule has 0 saturated heterocycles. The Morgan fingerprint density at radius 1 is 0.663 bits per heavy atom. The van der Waals surface area contributed by atoms with E-state index < -0.39 is 132 Å². The second kappa shape index (κ2) is 38.9. The number of rotatable bonds is 42. The Balaban J connectivity index is 0.984. The fraction of sp³-hybridized carbons (Fsp3) is 0.426. The molecule has 16 N–H and O–H groups in total. The number of H-pyrrole nitrogens is 2. The SMILES string of the molecule is CCCC[C@H](NC(=O)[C@H](Cc1cccs1)NC(=O)[C@H](Cc1cnc[nH]1)NC(=O)CCNC(=O)[C@@H](NC(=O)[C@H](C)NC(=O)[C@H](Cc1c[nH]c2ccccc12)NC(=O)[C@H](CCC(N)=O)NC(=O)[C@@H](Cc1ccc(O)cc1)NC(=O)Cn1cc(CCCCOc2cccnc2[18F])nn1)C(C)C)C(N)=O. The monoisotopic (exact) mass is 1410 g/mol. The van der Waals surface area contributed by atoms with Crippen molar-refractivity contribution < 1.29 is 67.0 Å². The first kappa shape index (κ1) is 77.2. The fourth-order valence-electron chi connectivity index (χ4n) is 10.7. The predicted molar refractivity (Wildman–Crippen MR) is 368 cm³/mol. The molecule has 2 aromatic carbocycles. The van der Waals surface area contributed by atoms with Crippen LogP contribution in [0, 0.1) is 11.9 Å². The maximum absolute atomic E-state index is 14.6. The van der Waals surface area contributed by atoms with Gasteiger partial charge in [-0.05, 0) is 97.9 Å². The van der Waals surface area contributed by atoms with Gasteiger partial charge in [-0.25, -0.2) is 14.6 Å². The molecule has 8 atom stereocenters. The van der Waals surface area contributed by atoms with Crippen LogP contribution < -0.4 is 64.1 Å². The number of unbranched alkanes of at least 4 members (excludes halogenated alkanes) is 2. The van der Waals surface area contributed by atoms with E-state index in [0.717, 1.165) is 11.3 Å². The van der Waals surface area contributed by atoms with E-state index in [1.165, 1.54) is 72.0 Å². The zero-order valence-electron chi connectivity index (χ0n) is 56.4. The van der Waals surface area contributed by atoms with Crippen LogP contribution >= 0.6 is 11.3 Å². The minimum atomic E-state index is -1.56. The number of ether oxygens (including phenoxy) is 1. The first-order chi connectivity index (χ1) is 48.4. The highest BCUT2D eigenvalue weighted by Crippen LogP contribution is 2.21. The molecule has 7 aromatic rings. The number of amides is 11. The molecular weight excluding hydrogens is 1330 g/mol. The summed E-state index contributed by atoms with van der Waals surface area (Å²) in [7, 11) is 0. The molecule has 0 aliphatic rings. The number of phenols is 1. The highest BCUT2D eigenvalue weighted by atomic mass is 32.1. The lowest BCUT2D eigenvalue weighted by Crippen LogP contribution is -2.59. The summed E-state index contributed by atoms with van der Waals surface area (Å²) in [4.78, 5) is 166. The quantitative estimate of drug-likeness (QED) is 0.0189. The fourth-order valence-corrected chi connectivity index (χ4v) is 11.4. The lowest BCUT2D eigenvalue weighted by atomic mass is 10.0. The summed E-state index contributed by atoms with van der Waals surface area (Å²) in [6.07, 6.45) is 9.10. The van der Waals surface area contributed by atoms with Crippen molar-refractivity contribution in [2.24, 2.45) is 17.4 Å². The lowest BCUT2D eigenvalue weighted by Gasteiger charge is -2.27. The molecule has 5 heterocycles. The molecule has 101 heavy (non-hydrogen) atoms. The number of halogens is 1. The number of fused-ring (bicyclic) bond motifs is 1. The number of benzene rings is 2. The van der Waals surface area contributed by atoms with Gasteiger partial charge in [0.25, 0.3) is 5.95 Å². The van der Waals surface area contributed by atoms with E-state index >= 15 is 0 Å². The van der Waals surface area contributed by atoms with Crippen LogP contribution in [0.15, 0.2) is 109 Å². The summed E-state index contributed by atoms with van der Waals surface area (Å²) in [5, 5.41) is 44.7. The van der Waals surface area contributed by atoms with Crippen LogP contribution in [0.5, 0.6) is 11.5 Å². The number of nitrogens with one attached hydrogen (secondary N) is 11. The summed E-state index contributed by atoms with van der Waals surface area (Å²) in [6, 6.07) is 9.16. The number of aromatic amines is 2. The molecule has 0 spiro atoms. The molecule has 31 nitrogen and oxygen atoms in total. The van der Waals surface area contributed by atoms with Crippen LogP contribution in [-0.2, 0) is 91.4 Å². The molecule has 7 rings (SSSR count). The van der Waals surface area contributed by atoms with Gasteiger partial charge in [-0.2, -0.15) is 4.39 Å². The van der Waals surface area contributed by atoms with E-state index in [1.807, 2.05) is 6.92 Å². The van der Waals surface area contributed by atoms with Gasteiger partial charge >= 0.3 is 0 Å². The Labute approximate surface area is 585 Å². The summed E-state index contributed by atoms with van der Waals surface area (Å²) in [6.45, 7) is 6.15. The van der Waals surface area contributed by atoms with Gasteiger partial charge in [0.05, 0.1) is 18.6 Å². The van der Waals surface area contributed by atoms with Gasteiger partial charge in [0, 0.05) is 91.3 Å². The van der Waals surface area contributed by atoms with Crippen LogP contribution in [-0.4, -0.2) is 167 Å². The summed E-state index contributed by atoms with van der Waals surface area (Å²) in [5.41, 5.74) is 14.0. The van der Waals surface area contributed by atoms with Crippen molar-refractivity contribution in [3.05, 3.63) is 143 Å². The Kier molecular flexibility index (Phi) is 29.7. The smallest absolute Gasteiger partial charge is 0.255 e. The topological polar surface area (TPSA) is 466 Å². The standard InChI is InChI=1S/C68H87FN18O13S/c1-5-6-16-49(61(71)92)80-67(98)54(33-46-14-12-29-101-46)83-66(97)53(32-44-35-72-38-76-44)78-57(90)25-27-74-68(99)59(39(2)3)84-62(93)40(4)77-64(95)52(31-42-34-75-48-17-8-7-15-47(42)48)82-63(94)50(23-24-56(70)89)81-65(96)51(30-41-19-21-45(88)22-20-41)79-58(91)37-87-36-43(85-86-87)13-9-10-28-100-55-18-11-26-73-60(55)69/h7-8,11-12,14-15,17-22,26,29,34-36,38-40,49-54,59,75,88H,5-6,9-10,13,16,23-25,27-28,30-33,37H2,1-4H3,(H2,70,89)(H2,71,92)(H,72,76)(H,74,99)(H,77,95)(H,78,90)(H,79,91)(H,80,98)(H,81,96)(H,82,94)(H,83,97)(H,84,93)/t40-,49-,50-,51+,52-,53-,54-,59-/m0/s1/i69-1. The molecular formula is C68H87FN18O13S. The maximum Gasteiger partial charge on any atom is 0.255 e. The summed E-state index contributed by atoms with van der Waals surface area (Å²) in [5.74, 6) is -9.82. The molecule has 0 unspecified atom stereocenters. The zero-order valence-corrected chi connectivity index (χ0v) is 57.2. The van der Waals surface area contributed by atoms with Crippen LogP contribution in [0.3, 0.4) is 0 Å². The Bertz CT molecular complexity index is 3920. The van der Waals surface area contributed by atoms with Crippen LogP contribution in [0.1, 0.15) is 106 Å². The van der Waals surface area contributed by atoms with Crippen molar-refractivity contribution in [3.8, 4) is 11.5 Å². The highest BCUT2D eigenvalue weighted by molar-refractivity contribution is 7.09. The maximum atomic E-state index is 14.6. The number of carbonyl (C=O) groups is 11. The van der Waals surface area contributed by atoms with Gasteiger partial charge < -0.3 is 79.1 Å². The van der Waals surface area contributed by atoms with Crippen molar-refractivity contribution in [3.63, 3.8) is 0 Å². The Morgan fingerprint density at radius 2 is 1.34 bits per heavy atom. The molecule has 0 saturated carbocycles. The van der Waals surface area contributed by atoms with Gasteiger partial charge in [-0.1, -0.05) is 75.2 Å². The second-order valence-corrected chi connectivity index (χ2v) is 25.6. The van der Waals surface area contributed by atoms with Gasteiger partial charge in [0.2, 0.25) is 65.0 Å². The van der Waals surface area contributed by atoms with E-state index in [4.69, 9.17) is 16.2 Å². The van der Waals surface area contributed by atoms with E-state index in [-0.39, 0.29) is 69.7 Å². The first-order valence-electron chi connectivity index (χ1n) is 33.1. The van der Waals surface area contributed by atoms with Gasteiger partial charge in [0.1, 0.15) is 60.6 Å². The zero-order chi connectivity index (χ0) is 73.0. The molecule has 0 bridgehead atoms. The van der Waals surface area contributed by atoms with E-state index in [2.05, 4.69) is 78.1 Å². The van der Waals surface area contributed by atoms with E-state index in [0.29, 0.717) is 65.5 Å². The third kappa shape index (κ3) is 25.0. The Hall–Kier alpha value is -11.1. The number of thiophene rings is 1. The average molecular weight is 1410 g/mol. The molecule has 0 aliphatic carbocycles. The van der Waals surface area contributed by atoms with E-state index in [1.54, 1.807) is 74.1 Å². The van der Waals surface area contributed by atoms with Gasteiger partial charge in [-0.15, -0.1) is 16.4 Å². The summed E-state index contributed by atoms with van der Waals surface area (Å²) < 4.78 is 20.6. The van der Waals surface area contributed by atoms with E-state index in [9.17, 15) is 62.2 Å². The van der Waals surface area contributed by atoms with Gasteiger partial charge in [-0.3, -0.25) is 52.7 Å². The number of aromatic nitrogens is 7. The highest BCUT2D eigenvalue weighted by Gasteiger charge is 2.35. The number of primary amides is 2. The molecule has 33 heteroatoms. The number of nitrogens with two attached hydrogens (primary N) is 2. The van der Waals surface area contributed by atoms with Crippen molar-refractivity contribution >= 4 is 87.2 Å². The molecule has 11 amide bonds. The van der Waals surface area contributed by atoms with Crippen LogP contribution in [0.2, 0.25) is 0 Å². The van der Waals surface area contributed by atoms with Crippen molar-refractivity contribution in [1.82, 2.24) is 82.8 Å². The van der Waals surface area contributed by atoms with Crippen LogP contribution in [0.4, 0.5) is 4.39 Å². The number of imidazole rings is 1. The molecule has 5 aromatic heterocycles. The van der Waals surface area contributed by atoms with Crippen molar-refractivity contribution in [1.29, 1.82) is 0 Å².